The first kappa shape index (κ1) is 8.91. The quantitative estimate of drug-likeness (QED) is 0.673. The molecule has 2 rings (SSSR count). The van der Waals surface area contributed by atoms with Crippen molar-refractivity contribution in [3.8, 4) is 0 Å². The molecule has 1 atom stereocenters. The van der Waals surface area contributed by atoms with Crippen LogP contribution in [0.5, 0.6) is 0 Å². The first-order chi connectivity index (χ1) is 6.25. The first-order valence-corrected chi connectivity index (χ1v) is 5.25. The van der Waals surface area contributed by atoms with E-state index in [9.17, 15) is 4.79 Å². The highest BCUT2D eigenvalue weighted by atomic mass is 35.5. The summed E-state index contributed by atoms with van der Waals surface area (Å²) in [6, 6.07) is 7.34. The Balaban J connectivity index is 2.17. The number of carbonyl (C=O) groups excluding carboxylic acids is 1. The number of ether oxygens (including phenoxy) is 1. The largest absolute Gasteiger partial charge is 0.446 e. The van der Waals surface area contributed by atoms with E-state index in [1.54, 1.807) is 12.1 Å². The lowest BCUT2D eigenvalue weighted by Gasteiger charge is -2.07. The van der Waals surface area contributed by atoms with Gasteiger partial charge in [-0.3, -0.25) is 4.79 Å². The highest BCUT2D eigenvalue weighted by Gasteiger charge is 2.25. The number of rotatable bonds is 1. The highest BCUT2D eigenvalue weighted by Crippen LogP contribution is 2.35. The van der Waals surface area contributed by atoms with Crippen LogP contribution in [0.15, 0.2) is 24.3 Å². The van der Waals surface area contributed by atoms with Crippen LogP contribution in [0, 0.1) is 0 Å². The van der Waals surface area contributed by atoms with Crippen LogP contribution in [-0.4, -0.2) is 11.7 Å². The number of hydrogen-bond acceptors (Lipinski definition) is 3. The van der Waals surface area contributed by atoms with Gasteiger partial charge in [0.05, 0.1) is 5.75 Å². The predicted molar refractivity (Wildman–Crippen MR) is 52.7 cm³/mol. The van der Waals surface area contributed by atoms with Crippen LogP contribution >= 0.6 is 23.4 Å². The number of thioether (sulfide) groups is 1. The average Bonchev–Trinajstić information content (AvgIpc) is 2.53. The summed E-state index contributed by atoms with van der Waals surface area (Å²) in [6.45, 7) is 0. The van der Waals surface area contributed by atoms with E-state index in [4.69, 9.17) is 16.3 Å². The Kier molecular flexibility index (Phi) is 2.47. The summed E-state index contributed by atoms with van der Waals surface area (Å²) in [7, 11) is 0. The van der Waals surface area contributed by atoms with Gasteiger partial charge < -0.3 is 4.74 Å². The van der Waals surface area contributed by atoms with Gasteiger partial charge in [-0.25, -0.2) is 0 Å². The zero-order valence-corrected chi connectivity index (χ0v) is 8.27. The van der Waals surface area contributed by atoms with Crippen LogP contribution in [0.1, 0.15) is 11.0 Å². The van der Waals surface area contributed by atoms with Gasteiger partial charge in [0.1, 0.15) is 0 Å². The maximum absolute atomic E-state index is 10.8. The van der Waals surface area contributed by atoms with E-state index in [1.165, 1.54) is 11.8 Å². The second kappa shape index (κ2) is 3.60. The zero-order valence-electron chi connectivity index (χ0n) is 6.70. The van der Waals surface area contributed by atoms with E-state index >= 15 is 0 Å². The second-order valence-electron chi connectivity index (χ2n) is 2.68. The van der Waals surface area contributed by atoms with Gasteiger partial charge in [0, 0.05) is 10.6 Å². The molecule has 0 aromatic heterocycles. The summed E-state index contributed by atoms with van der Waals surface area (Å²) in [5, 5.41) is 0.693. The van der Waals surface area contributed by atoms with Crippen molar-refractivity contribution in [1.82, 2.24) is 0 Å². The fourth-order valence-corrected chi connectivity index (χ4v) is 2.12. The number of halogens is 1. The number of cyclic esters (lactones) is 1. The van der Waals surface area contributed by atoms with Gasteiger partial charge in [0.2, 0.25) is 0 Å². The van der Waals surface area contributed by atoms with Crippen LogP contribution in [0.4, 0.5) is 0 Å². The molecule has 1 aliphatic rings. The van der Waals surface area contributed by atoms with Gasteiger partial charge in [0.25, 0.3) is 0 Å². The summed E-state index contributed by atoms with van der Waals surface area (Å²) in [5.41, 5.74) is 0.838. The molecular weight excluding hydrogens is 208 g/mol. The van der Waals surface area contributed by atoms with Crippen molar-refractivity contribution in [2.45, 2.75) is 5.44 Å². The SMILES string of the molecule is O=C1CSC(c2ccc(Cl)cc2)O1. The second-order valence-corrected chi connectivity index (χ2v) is 4.17. The molecule has 4 heteroatoms. The third kappa shape index (κ3) is 1.98. The molecule has 0 amide bonds. The minimum Gasteiger partial charge on any atom is -0.446 e. The summed E-state index contributed by atoms with van der Waals surface area (Å²) < 4.78 is 5.07. The third-order valence-corrected chi connectivity index (χ3v) is 3.06. The summed E-state index contributed by atoms with van der Waals surface area (Å²) in [6.07, 6.45) is 0. The number of carbonyl (C=O) groups is 1. The zero-order chi connectivity index (χ0) is 9.26. The fourth-order valence-electron chi connectivity index (χ4n) is 1.12. The molecule has 1 aromatic carbocycles. The molecule has 1 saturated heterocycles. The molecule has 13 heavy (non-hydrogen) atoms. The molecular formula is C9H7ClO2S. The van der Waals surface area contributed by atoms with Gasteiger partial charge in [-0.05, 0) is 12.1 Å². The van der Waals surface area contributed by atoms with E-state index in [-0.39, 0.29) is 11.4 Å². The fraction of sp³-hybridized carbons (Fsp3) is 0.222. The summed E-state index contributed by atoms with van der Waals surface area (Å²) in [5.74, 6) is 0.290. The van der Waals surface area contributed by atoms with E-state index < -0.39 is 0 Å². The van der Waals surface area contributed by atoms with Crippen LogP contribution in [0.25, 0.3) is 0 Å². The van der Waals surface area contributed by atoms with Crippen LogP contribution in [0.2, 0.25) is 5.02 Å². The molecule has 0 saturated carbocycles. The van der Waals surface area contributed by atoms with Crippen molar-refractivity contribution in [2.24, 2.45) is 0 Å². The Morgan fingerprint density at radius 3 is 2.62 bits per heavy atom. The Morgan fingerprint density at radius 1 is 1.38 bits per heavy atom. The molecule has 68 valence electrons. The Labute approximate surface area is 85.2 Å². The lowest BCUT2D eigenvalue weighted by molar-refractivity contribution is -0.140. The molecule has 0 radical (unpaired) electrons. The smallest absolute Gasteiger partial charge is 0.317 e. The van der Waals surface area contributed by atoms with Gasteiger partial charge in [-0.1, -0.05) is 23.7 Å². The van der Waals surface area contributed by atoms with Crippen molar-refractivity contribution in [3.05, 3.63) is 34.9 Å². The van der Waals surface area contributed by atoms with Crippen molar-refractivity contribution < 1.29 is 9.53 Å². The normalized spacial score (nSPS) is 21.6. The molecule has 0 spiro atoms. The average molecular weight is 215 g/mol. The Bertz CT molecular complexity index is 323. The van der Waals surface area contributed by atoms with Crippen LogP contribution in [0.3, 0.4) is 0 Å². The van der Waals surface area contributed by atoms with E-state index in [0.717, 1.165) is 5.56 Å². The molecule has 1 unspecified atom stereocenters. The molecule has 1 aliphatic heterocycles. The van der Waals surface area contributed by atoms with E-state index in [1.807, 2.05) is 12.1 Å². The van der Waals surface area contributed by atoms with Crippen molar-refractivity contribution in [2.75, 3.05) is 5.75 Å². The number of hydrogen-bond donors (Lipinski definition) is 0. The van der Waals surface area contributed by atoms with Gasteiger partial charge in [-0.15, -0.1) is 11.8 Å². The van der Waals surface area contributed by atoms with Crippen LogP contribution < -0.4 is 0 Å². The number of benzene rings is 1. The lowest BCUT2D eigenvalue weighted by atomic mass is 10.2. The molecule has 2 nitrogen and oxygen atoms in total. The predicted octanol–water partition coefficient (Wildman–Crippen LogP) is 2.63. The molecule has 0 bridgehead atoms. The molecule has 0 aliphatic carbocycles. The van der Waals surface area contributed by atoms with Crippen LogP contribution in [-0.2, 0) is 9.53 Å². The summed E-state index contributed by atoms with van der Waals surface area (Å²) >= 11 is 7.23. The monoisotopic (exact) mass is 214 g/mol. The summed E-state index contributed by atoms with van der Waals surface area (Å²) in [4.78, 5) is 10.8. The standard InChI is InChI=1S/C9H7ClO2S/c10-7-3-1-6(2-4-7)9-12-8(11)5-13-9/h1-4,9H,5H2. The lowest BCUT2D eigenvalue weighted by Crippen LogP contribution is -1.98. The van der Waals surface area contributed by atoms with Gasteiger partial charge in [0.15, 0.2) is 5.44 Å². The van der Waals surface area contributed by atoms with Crippen molar-refractivity contribution in [3.63, 3.8) is 0 Å². The molecule has 0 N–H and O–H groups in total. The van der Waals surface area contributed by atoms with E-state index in [2.05, 4.69) is 0 Å². The van der Waals surface area contributed by atoms with Gasteiger partial charge >= 0.3 is 5.97 Å². The Hall–Kier alpha value is -0.670. The molecule has 1 heterocycles. The van der Waals surface area contributed by atoms with Crippen molar-refractivity contribution >= 4 is 29.3 Å². The van der Waals surface area contributed by atoms with E-state index in [0.29, 0.717) is 10.8 Å². The third-order valence-electron chi connectivity index (χ3n) is 1.73. The number of esters is 1. The molecule has 1 fully saturated rings. The minimum absolute atomic E-state index is 0.148. The maximum Gasteiger partial charge on any atom is 0.317 e. The van der Waals surface area contributed by atoms with Gasteiger partial charge in [-0.2, -0.15) is 0 Å². The molecule has 1 aromatic rings. The Morgan fingerprint density at radius 2 is 2.08 bits per heavy atom. The maximum atomic E-state index is 10.8. The highest BCUT2D eigenvalue weighted by molar-refractivity contribution is 8.00. The topological polar surface area (TPSA) is 26.3 Å². The van der Waals surface area contributed by atoms with Crippen molar-refractivity contribution in [1.29, 1.82) is 0 Å². The first-order valence-electron chi connectivity index (χ1n) is 3.82. The minimum atomic E-state index is -0.148.